The quantitative estimate of drug-likeness (QED) is 0.519. The molecule has 1 aliphatic rings. The highest BCUT2D eigenvalue weighted by molar-refractivity contribution is 6.11. The zero-order valence-electron chi connectivity index (χ0n) is 15.8. The van der Waals surface area contributed by atoms with Gasteiger partial charge in [-0.15, -0.1) is 0 Å². The number of fused-ring (bicyclic) bond motifs is 7. The van der Waals surface area contributed by atoms with Crippen LogP contribution in [-0.2, 0) is 22.4 Å². The lowest BCUT2D eigenvalue weighted by molar-refractivity contribution is -0.139. The number of benzene rings is 4. The van der Waals surface area contributed by atoms with E-state index in [4.69, 9.17) is 11.5 Å². The Morgan fingerprint density at radius 1 is 0.621 bits per heavy atom. The van der Waals surface area contributed by atoms with Crippen LogP contribution in [-0.4, -0.2) is 11.8 Å². The van der Waals surface area contributed by atoms with E-state index in [0.29, 0.717) is 0 Å². The zero-order chi connectivity index (χ0) is 20.2. The largest absolute Gasteiger partial charge is 0.369 e. The van der Waals surface area contributed by atoms with Crippen LogP contribution in [0.25, 0.3) is 32.7 Å². The topological polar surface area (TPSA) is 86.2 Å². The number of amides is 2. The van der Waals surface area contributed by atoms with Gasteiger partial charge in [0.05, 0.1) is 0 Å². The van der Waals surface area contributed by atoms with Crippen LogP contribution in [0.5, 0.6) is 0 Å². The number of carbonyl (C=O) groups excluding carboxylic acids is 2. The molecule has 0 atom stereocenters. The molecule has 0 saturated heterocycles. The highest BCUT2D eigenvalue weighted by atomic mass is 16.2. The zero-order valence-corrected chi connectivity index (χ0v) is 15.8. The first kappa shape index (κ1) is 17.4. The van der Waals surface area contributed by atoms with Crippen molar-refractivity contribution in [1.82, 2.24) is 0 Å². The number of rotatable bonds is 2. The van der Waals surface area contributed by atoms with Gasteiger partial charge in [-0.25, -0.2) is 0 Å². The highest BCUT2D eigenvalue weighted by Gasteiger charge is 2.46. The molecule has 4 N–H and O–H groups in total. The van der Waals surface area contributed by atoms with Gasteiger partial charge in [-0.1, -0.05) is 72.8 Å². The maximum absolute atomic E-state index is 12.5. The molecule has 142 valence electrons. The summed E-state index contributed by atoms with van der Waals surface area (Å²) in [4.78, 5) is 25.1. The van der Waals surface area contributed by atoms with Crippen LogP contribution in [0.2, 0.25) is 0 Å². The summed E-state index contributed by atoms with van der Waals surface area (Å²) in [5, 5.41) is 4.39. The molecule has 0 bridgehead atoms. The summed E-state index contributed by atoms with van der Waals surface area (Å²) in [5.41, 5.74) is 14.0. The second-order valence-electron chi connectivity index (χ2n) is 7.81. The van der Waals surface area contributed by atoms with Crippen LogP contribution in [0.1, 0.15) is 11.1 Å². The first-order valence-corrected chi connectivity index (χ1v) is 9.63. The molecule has 0 unspecified atom stereocenters. The van der Waals surface area contributed by atoms with Gasteiger partial charge in [0.25, 0.3) is 0 Å². The van der Waals surface area contributed by atoms with Crippen LogP contribution in [0.3, 0.4) is 0 Å². The van der Waals surface area contributed by atoms with Crippen LogP contribution in [0.4, 0.5) is 0 Å². The molecule has 0 saturated carbocycles. The predicted octanol–water partition coefficient (Wildman–Crippen LogP) is 3.72. The molecule has 29 heavy (non-hydrogen) atoms. The number of hydrogen-bond acceptors (Lipinski definition) is 2. The summed E-state index contributed by atoms with van der Waals surface area (Å²) in [6, 6.07) is 24.4. The summed E-state index contributed by atoms with van der Waals surface area (Å²) in [7, 11) is 0. The summed E-state index contributed by atoms with van der Waals surface area (Å²) in [5.74, 6) is -1.35. The van der Waals surface area contributed by atoms with Crippen molar-refractivity contribution in [3.63, 3.8) is 0 Å². The number of primary amides is 2. The lowest BCUT2D eigenvalue weighted by Gasteiger charge is -2.26. The second-order valence-corrected chi connectivity index (χ2v) is 7.81. The van der Waals surface area contributed by atoms with Gasteiger partial charge in [-0.05, 0) is 56.6 Å². The molecule has 0 radical (unpaired) electrons. The standard InChI is InChI=1S/C25H20N2O2/c26-23(28)25(24(27)29)13-17-11-9-15-5-1-3-7-19(15)21(17)22-18(14-25)12-10-16-6-2-4-8-20(16)22/h1-12H,13-14H2,(H2,26,28)(H2,27,29). The molecule has 0 spiro atoms. The van der Waals surface area contributed by atoms with E-state index in [0.717, 1.165) is 43.8 Å². The number of hydrogen-bond donors (Lipinski definition) is 2. The van der Waals surface area contributed by atoms with E-state index in [1.807, 2.05) is 48.5 Å². The van der Waals surface area contributed by atoms with Crippen molar-refractivity contribution in [3.05, 3.63) is 83.9 Å². The SMILES string of the molecule is NC(=O)C1(C(N)=O)Cc2ccc3ccccc3c2-c2c(ccc3ccccc23)C1. The molecule has 1 aliphatic carbocycles. The van der Waals surface area contributed by atoms with E-state index in [2.05, 4.69) is 24.3 Å². The highest BCUT2D eigenvalue weighted by Crippen LogP contribution is 2.45. The van der Waals surface area contributed by atoms with Gasteiger partial charge in [0.1, 0.15) is 5.41 Å². The van der Waals surface area contributed by atoms with E-state index in [1.54, 1.807) is 0 Å². The molecular weight excluding hydrogens is 360 g/mol. The monoisotopic (exact) mass is 380 g/mol. The van der Waals surface area contributed by atoms with Gasteiger partial charge < -0.3 is 11.5 Å². The lowest BCUT2D eigenvalue weighted by atomic mass is 9.76. The van der Waals surface area contributed by atoms with Crippen LogP contribution in [0, 0.1) is 5.41 Å². The molecule has 4 aromatic rings. The fourth-order valence-corrected chi connectivity index (χ4v) is 4.70. The first-order chi connectivity index (χ1) is 14.0. The van der Waals surface area contributed by atoms with Crippen LogP contribution in [0.15, 0.2) is 72.8 Å². The van der Waals surface area contributed by atoms with Crippen molar-refractivity contribution in [1.29, 1.82) is 0 Å². The van der Waals surface area contributed by atoms with Gasteiger partial charge in [0, 0.05) is 0 Å². The molecule has 0 aromatic heterocycles. The van der Waals surface area contributed by atoms with Crippen molar-refractivity contribution in [2.75, 3.05) is 0 Å². The Balaban J connectivity index is 1.98. The van der Waals surface area contributed by atoms with Crippen molar-refractivity contribution in [2.45, 2.75) is 12.8 Å². The third kappa shape index (κ3) is 2.46. The molecule has 0 heterocycles. The lowest BCUT2D eigenvalue weighted by Crippen LogP contribution is -2.50. The second kappa shape index (κ2) is 6.17. The molecule has 4 aromatic carbocycles. The smallest absolute Gasteiger partial charge is 0.233 e. The maximum atomic E-state index is 12.5. The minimum Gasteiger partial charge on any atom is -0.369 e. The van der Waals surface area contributed by atoms with Gasteiger partial charge in [0.2, 0.25) is 11.8 Å². The van der Waals surface area contributed by atoms with Crippen molar-refractivity contribution in [2.24, 2.45) is 16.9 Å². The molecular formula is C25H20N2O2. The van der Waals surface area contributed by atoms with Crippen molar-refractivity contribution in [3.8, 4) is 11.1 Å². The Labute approximate surface area is 168 Å². The number of nitrogens with two attached hydrogens (primary N) is 2. The Kier molecular flexibility index (Phi) is 3.71. The van der Waals surface area contributed by atoms with E-state index in [9.17, 15) is 9.59 Å². The van der Waals surface area contributed by atoms with Gasteiger partial charge in [-0.2, -0.15) is 0 Å². The summed E-state index contributed by atoms with van der Waals surface area (Å²) in [6.07, 6.45) is 0.391. The summed E-state index contributed by atoms with van der Waals surface area (Å²) >= 11 is 0. The molecule has 5 rings (SSSR count). The molecule has 4 heteroatoms. The molecule has 0 aliphatic heterocycles. The van der Waals surface area contributed by atoms with E-state index < -0.39 is 17.2 Å². The van der Waals surface area contributed by atoms with Crippen molar-refractivity contribution < 1.29 is 9.59 Å². The molecule has 0 fully saturated rings. The van der Waals surface area contributed by atoms with Crippen LogP contribution < -0.4 is 11.5 Å². The minimum atomic E-state index is -1.45. The van der Waals surface area contributed by atoms with E-state index in [-0.39, 0.29) is 12.8 Å². The Bertz CT molecular complexity index is 1220. The average molecular weight is 380 g/mol. The van der Waals surface area contributed by atoms with Gasteiger partial charge in [-0.3, -0.25) is 9.59 Å². The maximum Gasteiger partial charge on any atom is 0.233 e. The fourth-order valence-electron chi connectivity index (χ4n) is 4.70. The Hall–Kier alpha value is -3.66. The van der Waals surface area contributed by atoms with Crippen molar-refractivity contribution >= 4 is 33.4 Å². The minimum absolute atomic E-state index is 0.195. The summed E-state index contributed by atoms with van der Waals surface area (Å²) in [6.45, 7) is 0. The molecule has 2 amide bonds. The van der Waals surface area contributed by atoms with Crippen LogP contribution >= 0.6 is 0 Å². The van der Waals surface area contributed by atoms with E-state index in [1.165, 1.54) is 0 Å². The summed E-state index contributed by atoms with van der Waals surface area (Å²) < 4.78 is 0. The predicted molar refractivity (Wildman–Crippen MR) is 115 cm³/mol. The normalized spacial score (nSPS) is 14.8. The third-order valence-corrected chi connectivity index (χ3v) is 6.21. The van der Waals surface area contributed by atoms with Gasteiger partial charge in [0.15, 0.2) is 0 Å². The first-order valence-electron chi connectivity index (χ1n) is 9.63. The molecule has 4 nitrogen and oxygen atoms in total. The average Bonchev–Trinajstić information content (AvgIpc) is 2.89. The Morgan fingerprint density at radius 2 is 1.03 bits per heavy atom. The van der Waals surface area contributed by atoms with E-state index >= 15 is 0 Å². The number of carbonyl (C=O) groups is 2. The Morgan fingerprint density at radius 3 is 1.45 bits per heavy atom. The fraction of sp³-hybridized carbons (Fsp3) is 0.120. The third-order valence-electron chi connectivity index (χ3n) is 6.21. The van der Waals surface area contributed by atoms with Gasteiger partial charge >= 0.3 is 0 Å².